The maximum absolute atomic E-state index is 11.0. The quantitative estimate of drug-likeness (QED) is 0.750. The monoisotopic (exact) mass is 363 g/mol. The highest BCUT2D eigenvalue weighted by atomic mass is 16.4. The lowest BCUT2D eigenvalue weighted by Crippen LogP contribution is -2.36. The van der Waals surface area contributed by atoms with Crippen molar-refractivity contribution in [1.29, 1.82) is 0 Å². The van der Waals surface area contributed by atoms with Gasteiger partial charge in [-0.1, -0.05) is 6.07 Å². The summed E-state index contributed by atoms with van der Waals surface area (Å²) in [7, 11) is 0. The molecule has 0 aromatic carbocycles. The largest absolute Gasteiger partial charge is 0.478 e. The van der Waals surface area contributed by atoms with Crippen LogP contribution in [0, 0.1) is 0 Å². The number of rotatable bonds is 5. The van der Waals surface area contributed by atoms with Gasteiger partial charge in [0.05, 0.1) is 12.1 Å². The summed E-state index contributed by atoms with van der Waals surface area (Å²) in [4.78, 5) is 26.4. The molecule has 0 bridgehead atoms. The highest BCUT2D eigenvalue weighted by Crippen LogP contribution is 2.28. The standard InChI is InChI=1S/C20H21N5O2/c26-20(27)16-5-6-18(23-12-16)24-9-2-4-17(14-24)19-22-8-10-25(19)13-15-3-1-7-21-11-15/h1,3,5-8,10-12,17H,2,4,9,13-14H2,(H,26,27)/t17-/m0/s1. The second-order valence-corrected chi connectivity index (χ2v) is 6.77. The van der Waals surface area contributed by atoms with E-state index in [0.29, 0.717) is 5.92 Å². The summed E-state index contributed by atoms with van der Waals surface area (Å²) in [5.74, 6) is 1.25. The van der Waals surface area contributed by atoms with Crippen molar-refractivity contribution in [2.24, 2.45) is 0 Å². The van der Waals surface area contributed by atoms with Crippen LogP contribution in [-0.2, 0) is 6.54 Å². The van der Waals surface area contributed by atoms with Crippen molar-refractivity contribution < 1.29 is 9.90 Å². The van der Waals surface area contributed by atoms with E-state index < -0.39 is 5.97 Å². The van der Waals surface area contributed by atoms with Gasteiger partial charge in [0.1, 0.15) is 11.6 Å². The number of nitrogens with zero attached hydrogens (tertiary/aromatic N) is 5. The number of piperidine rings is 1. The number of carboxylic acid groups (broad SMARTS) is 1. The minimum absolute atomic E-state index is 0.208. The highest BCUT2D eigenvalue weighted by Gasteiger charge is 2.25. The van der Waals surface area contributed by atoms with Crippen LogP contribution in [0.2, 0.25) is 0 Å². The number of hydrogen-bond acceptors (Lipinski definition) is 5. The molecule has 138 valence electrons. The van der Waals surface area contributed by atoms with Crippen LogP contribution in [0.25, 0.3) is 0 Å². The van der Waals surface area contributed by atoms with Crippen LogP contribution < -0.4 is 4.90 Å². The Morgan fingerprint density at radius 3 is 2.85 bits per heavy atom. The van der Waals surface area contributed by atoms with Gasteiger partial charge < -0.3 is 14.6 Å². The molecule has 0 aliphatic carbocycles. The molecule has 1 saturated heterocycles. The average Bonchev–Trinajstić information content (AvgIpc) is 3.17. The number of aromatic carboxylic acids is 1. The molecular formula is C20H21N5O2. The Balaban J connectivity index is 1.50. The normalized spacial score (nSPS) is 17.0. The van der Waals surface area contributed by atoms with Crippen molar-refractivity contribution in [1.82, 2.24) is 19.5 Å². The van der Waals surface area contributed by atoms with Gasteiger partial charge in [-0.2, -0.15) is 0 Å². The van der Waals surface area contributed by atoms with E-state index in [1.807, 2.05) is 24.7 Å². The molecule has 1 aliphatic heterocycles. The Hall–Kier alpha value is -3.22. The zero-order valence-electron chi connectivity index (χ0n) is 14.9. The fourth-order valence-electron chi connectivity index (χ4n) is 3.60. The lowest BCUT2D eigenvalue weighted by Gasteiger charge is -2.33. The van der Waals surface area contributed by atoms with Gasteiger partial charge in [0.2, 0.25) is 0 Å². The SMILES string of the molecule is O=C(O)c1ccc(N2CCC[C@H](c3nccn3Cc3cccnc3)C2)nc1. The molecular weight excluding hydrogens is 342 g/mol. The summed E-state index contributed by atoms with van der Waals surface area (Å²) < 4.78 is 2.19. The molecule has 1 aliphatic rings. The Morgan fingerprint density at radius 1 is 1.19 bits per heavy atom. The lowest BCUT2D eigenvalue weighted by molar-refractivity contribution is 0.0696. The van der Waals surface area contributed by atoms with Gasteiger partial charge in [0.25, 0.3) is 0 Å². The van der Waals surface area contributed by atoms with E-state index in [0.717, 1.165) is 49.7 Å². The van der Waals surface area contributed by atoms with Crippen molar-refractivity contribution in [3.63, 3.8) is 0 Å². The molecule has 0 spiro atoms. The summed E-state index contributed by atoms with van der Waals surface area (Å²) in [6, 6.07) is 7.41. The highest BCUT2D eigenvalue weighted by molar-refractivity contribution is 5.87. The molecule has 0 radical (unpaired) electrons. The van der Waals surface area contributed by atoms with Crippen LogP contribution in [0.3, 0.4) is 0 Å². The minimum Gasteiger partial charge on any atom is -0.478 e. The lowest BCUT2D eigenvalue weighted by atomic mass is 9.97. The van der Waals surface area contributed by atoms with Gasteiger partial charge in [-0.15, -0.1) is 0 Å². The molecule has 1 fully saturated rings. The van der Waals surface area contributed by atoms with Crippen molar-refractivity contribution >= 4 is 11.8 Å². The Kier molecular flexibility index (Phi) is 4.82. The molecule has 3 aromatic rings. The summed E-state index contributed by atoms with van der Waals surface area (Å²) in [5, 5.41) is 9.04. The first-order valence-electron chi connectivity index (χ1n) is 9.05. The summed E-state index contributed by atoms with van der Waals surface area (Å²) >= 11 is 0. The van der Waals surface area contributed by atoms with E-state index in [4.69, 9.17) is 5.11 Å². The number of carbonyl (C=O) groups is 1. The third-order valence-electron chi connectivity index (χ3n) is 4.93. The van der Waals surface area contributed by atoms with E-state index in [-0.39, 0.29) is 5.56 Å². The first kappa shape index (κ1) is 17.2. The predicted octanol–water partition coefficient (Wildman–Crippen LogP) is 2.80. The molecule has 1 N–H and O–H groups in total. The number of hydrogen-bond donors (Lipinski definition) is 1. The van der Waals surface area contributed by atoms with Gasteiger partial charge >= 0.3 is 5.97 Å². The van der Waals surface area contributed by atoms with Crippen molar-refractivity contribution in [3.8, 4) is 0 Å². The van der Waals surface area contributed by atoms with Gasteiger partial charge in [0, 0.05) is 50.0 Å². The van der Waals surface area contributed by atoms with E-state index in [1.54, 1.807) is 18.3 Å². The van der Waals surface area contributed by atoms with E-state index in [9.17, 15) is 4.79 Å². The fraction of sp³-hybridized carbons (Fsp3) is 0.300. The molecule has 4 rings (SSSR count). The fourth-order valence-corrected chi connectivity index (χ4v) is 3.60. The van der Waals surface area contributed by atoms with Gasteiger partial charge in [-0.3, -0.25) is 4.98 Å². The van der Waals surface area contributed by atoms with Crippen LogP contribution in [0.1, 0.15) is 40.5 Å². The Morgan fingerprint density at radius 2 is 2.11 bits per heavy atom. The number of anilines is 1. The summed E-state index contributed by atoms with van der Waals surface area (Å²) in [5.41, 5.74) is 1.36. The van der Waals surface area contributed by atoms with E-state index >= 15 is 0 Å². The first-order valence-corrected chi connectivity index (χ1v) is 9.05. The second kappa shape index (κ2) is 7.57. The predicted molar refractivity (Wildman–Crippen MR) is 101 cm³/mol. The summed E-state index contributed by atoms with van der Waals surface area (Å²) in [6.45, 7) is 2.49. The van der Waals surface area contributed by atoms with Crippen LogP contribution >= 0.6 is 0 Å². The number of pyridine rings is 2. The first-order chi connectivity index (χ1) is 13.2. The topological polar surface area (TPSA) is 84.1 Å². The van der Waals surface area contributed by atoms with Crippen LogP contribution in [0.4, 0.5) is 5.82 Å². The van der Waals surface area contributed by atoms with Crippen LogP contribution in [-0.4, -0.2) is 43.7 Å². The Bertz CT molecular complexity index is 908. The smallest absolute Gasteiger partial charge is 0.337 e. The van der Waals surface area contributed by atoms with Crippen molar-refractivity contribution in [3.05, 3.63) is 72.2 Å². The van der Waals surface area contributed by atoms with Crippen molar-refractivity contribution in [2.45, 2.75) is 25.3 Å². The molecule has 0 amide bonds. The molecule has 7 nitrogen and oxygen atoms in total. The third-order valence-corrected chi connectivity index (χ3v) is 4.93. The van der Waals surface area contributed by atoms with Crippen molar-refractivity contribution in [2.75, 3.05) is 18.0 Å². The zero-order chi connectivity index (χ0) is 18.6. The number of imidazole rings is 1. The van der Waals surface area contributed by atoms with E-state index in [1.165, 1.54) is 6.20 Å². The molecule has 0 unspecified atom stereocenters. The Labute approximate surface area is 157 Å². The second-order valence-electron chi connectivity index (χ2n) is 6.77. The summed E-state index contributed by atoms with van der Waals surface area (Å²) in [6.07, 6.45) is 11.1. The third kappa shape index (κ3) is 3.81. The van der Waals surface area contributed by atoms with Crippen LogP contribution in [0.5, 0.6) is 0 Å². The van der Waals surface area contributed by atoms with E-state index in [2.05, 4.69) is 30.5 Å². The molecule has 3 aromatic heterocycles. The molecule has 27 heavy (non-hydrogen) atoms. The molecule has 1 atom stereocenters. The van der Waals surface area contributed by atoms with Gasteiger partial charge in [-0.05, 0) is 36.6 Å². The minimum atomic E-state index is -0.956. The van der Waals surface area contributed by atoms with Crippen LogP contribution in [0.15, 0.2) is 55.2 Å². The molecule has 0 saturated carbocycles. The maximum atomic E-state index is 11.0. The average molecular weight is 363 g/mol. The molecule has 4 heterocycles. The van der Waals surface area contributed by atoms with Gasteiger partial charge in [-0.25, -0.2) is 14.8 Å². The maximum Gasteiger partial charge on any atom is 0.337 e. The zero-order valence-corrected chi connectivity index (χ0v) is 14.9. The molecule has 7 heteroatoms. The number of aromatic nitrogens is 4. The number of carboxylic acids is 1. The van der Waals surface area contributed by atoms with Gasteiger partial charge in [0.15, 0.2) is 0 Å².